The van der Waals surface area contributed by atoms with Gasteiger partial charge in [-0.15, -0.1) is 10.2 Å². The standard InChI is InChI=1S/C18H15BrN4OS2/c1-22-16(10-23-14-4-2-3-5-15(14)26-18(23)24)20-21-17(22)25-11-12-6-8-13(19)9-7-12/h2-9H,10-11H2,1H3. The SMILES string of the molecule is Cn1c(Cn2c(=O)sc3ccccc32)nnc1SCc1ccc(Br)cc1. The Bertz CT molecular complexity index is 1110. The number of hydrogen-bond acceptors (Lipinski definition) is 5. The summed E-state index contributed by atoms with van der Waals surface area (Å²) in [7, 11) is 1.94. The number of para-hydroxylation sites is 1. The minimum atomic E-state index is 0.0262. The summed E-state index contributed by atoms with van der Waals surface area (Å²) < 4.78 is 5.78. The molecule has 0 aliphatic heterocycles. The maximum atomic E-state index is 12.3. The number of halogens is 1. The Hall–Kier alpha value is -1.90. The molecular formula is C18H15BrN4OS2. The van der Waals surface area contributed by atoms with Gasteiger partial charge in [0.05, 0.1) is 16.8 Å². The van der Waals surface area contributed by atoms with E-state index in [1.54, 1.807) is 16.3 Å². The lowest BCUT2D eigenvalue weighted by atomic mass is 10.2. The summed E-state index contributed by atoms with van der Waals surface area (Å²) in [5.74, 6) is 1.59. The van der Waals surface area contributed by atoms with Gasteiger partial charge in [0.2, 0.25) is 0 Å². The van der Waals surface area contributed by atoms with E-state index in [4.69, 9.17) is 0 Å². The van der Waals surface area contributed by atoms with Crippen molar-refractivity contribution < 1.29 is 0 Å². The van der Waals surface area contributed by atoms with Crippen LogP contribution in [0.15, 0.2) is 63.0 Å². The largest absolute Gasteiger partial charge is 0.308 e. The van der Waals surface area contributed by atoms with Gasteiger partial charge in [-0.2, -0.15) is 0 Å². The van der Waals surface area contributed by atoms with Gasteiger partial charge in [-0.05, 0) is 29.8 Å². The lowest BCUT2D eigenvalue weighted by Crippen LogP contribution is -2.16. The smallest absolute Gasteiger partial charge is 0.308 e. The maximum absolute atomic E-state index is 12.3. The molecule has 2 heterocycles. The fourth-order valence-electron chi connectivity index (χ4n) is 2.64. The third kappa shape index (κ3) is 3.49. The lowest BCUT2D eigenvalue weighted by molar-refractivity contribution is 0.681. The number of nitrogens with zero attached hydrogens (tertiary/aromatic N) is 4. The lowest BCUT2D eigenvalue weighted by Gasteiger charge is -2.05. The van der Waals surface area contributed by atoms with Crippen LogP contribution in [0.25, 0.3) is 10.2 Å². The first kappa shape index (κ1) is 17.5. The van der Waals surface area contributed by atoms with Gasteiger partial charge in [0, 0.05) is 17.3 Å². The number of aromatic nitrogens is 4. The summed E-state index contributed by atoms with van der Waals surface area (Å²) in [6, 6.07) is 16.1. The summed E-state index contributed by atoms with van der Waals surface area (Å²) in [6.45, 7) is 0.422. The van der Waals surface area contributed by atoms with Crippen LogP contribution in [0.2, 0.25) is 0 Å². The molecule has 4 aromatic rings. The first-order chi connectivity index (χ1) is 12.6. The van der Waals surface area contributed by atoms with Gasteiger partial charge in [-0.25, -0.2) is 0 Å². The van der Waals surface area contributed by atoms with Gasteiger partial charge in [-0.1, -0.05) is 63.3 Å². The second kappa shape index (κ2) is 7.38. The van der Waals surface area contributed by atoms with Crippen LogP contribution in [0.5, 0.6) is 0 Å². The van der Waals surface area contributed by atoms with E-state index < -0.39 is 0 Å². The van der Waals surface area contributed by atoms with E-state index in [1.807, 2.05) is 48.0 Å². The summed E-state index contributed by atoms with van der Waals surface area (Å²) in [4.78, 5) is 12.3. The molecule has 0 amide bonds. The zero-order valence-electron chi connectivity index (χ0n) is 13.9. The van der Waals surface area contributed by atoms with Crippen molar-refractivity contribution in [2.24, 2.45) is 7.05 Å². The van der Waals surface area contributed by atoms with Crippen LogP contribution < -0.4 is 4.87 Å². The average Bonchev–Trinajstić information content (AvgIpc) is 3.15. The second-order valence-corrected chi connectivity index (χ2v) is 8.65. The highest BCUT2D eigenvalue weighted by atomic mass is 79.9. The molecule has 0 bridgehead atoms. The highest BCUT2D eigenvalue weighted by molar-refractivity contribution is 9.10. The Morgan fingerprint density at radius 3 is 2.69 bits per heavy atom. The minimum absolute atomic E-state index is 0.0262. The molecule has 132 valence electrons. The van der Waals surface area contributed by atoms with E-state index in [-0.39, 0.29) is 4.87 Å². The van der Waals surface area contributed by atoms with E-state index in [1.165, 1.54) is 16.9 Å². The molecule has 0 radical (unpaired) electrons. The molecule has 8 heteroatoms. The average molecular weight is 447 g/mol. The van der Waals surface area contributed by atoms with Crippen LogP contribution in [0.1, 0.15) is 11.4 Å². The van der Waals surface area contributed by atoms with Crippen LogP contribution in [0.4, 0.5) is 0 Å². The maximum Gasteiger partial charge on any atom is 0.308 e. The predicted octanol–water partition coefficient (Wildman–Crippen LogP) is 4.29. The van der Waals surface area contributed by atoms with Gasteiger partial charge in [0.15, 0.2) is 11.0 Å². The molecule has 0 saturated heterocycles. The number of thiazole rings is 1. The van der Waals surface area contributed by atoms with Crippen LogP contribution in [0.3, 0.4) is 0 Å². The van der Waals surface area contributed by atoms with Gasteiger partial charge >= 0.3 is 4.87 Å². The quantitative estimate of drug-likeness (QED) is 0.429. The number of fused-ring (bicyclic) bond motifs is 1. The predicted molar refractivity (Wildman–Crippen MR) is 110 cm³/mol. The fourth-order valence-corrected chi connectivity index (χ4v) is 4.68. The van der Waals surface area contributed by atoms with Crippen molar-refractivity contribution in [2.75, 3.05) is 0 Å². The van der Waals surface area contributed by atoms with Crippen molar-refractivity contribution in [3.8, 4) is 0 Å². The van der Waals surface area contributed by atoms with Crippen molar-refractivity contribution in [3.05, 3.63) is 74.1 Å². The Kier molecular flexibility index (Phi) is 4.97. The Morgan fingerprint density at radius 2 is 1.88 bits per heavy atom. The van der Waals surface area contributed by atoms with E-state index >= 15 is 0 Å². The number of hydrogen-bond donors (Lipinski definition) is 0. The van der Waals surface area contributed by atoms with Crippen molar-refractivity contribution in [3.63, 3.8) is 0 Å². The molecule has 0 aliphatic rings. The van der Waals surface area contributed by atoms with Crippen LogP contribution in [0, 0.1) is 0 Å². The molecular weight excluding hydrogens is 432 g/mol. The zero-order valence-corrected chi connectivity index (χ0v) is 17.1. The van der Waals surface area contributed by atoms with Crippen LogP contribution in [-0.2, 0) is 19.3 Å². The monoisotopic (exact) mass is 446 g/mol. The third-order valence-corrected chi connectivity index (χ3v) is 6.66. The van der Waals surface area contributed by atoms with Crippen molar-refractivity contribution in [1.29, 1.82) is 0 Å². The van der Waals surface area contributed by atoms with E-state index in [2.05, 4.69) is 38.3 Å². The van der Waals surface area contributed by atoms with E-state index in [9.17, 15) is 4.79 Å². The molecule has 4 rings (SSSR count). The summed E-state index contributed by atoms with van der Waals surface area (Å²) in [5.41, 5.74) is 2.16. The Labute approximate surface area is 166 Å². The molecule has 2 aromatic heterocycles. The van der Waals surface area contributed by atoms with Gasteiger partial charge in [0.1, 0.15) is 0 Å². The minimum Gasteiger partial charge on any atom is -0.308 e. The summed E-state index contributed by atoms with van der Waals surface area (Å²) in [5, 5.41) is 9.43. The number of rotatable bonds is 5. The topological polar surface area (TPSA) is 52.7 Å². The first-order valence-corrected chi connectivity index (χ1v) is 10.6. The third-order valence-electron chi connectivity index (χ3n) is 4.08. The van der Waals surface area contributed by atoms with Gasteiger partial charge in [0.25, 0.3) is 0 Å². The van der Waals surface area contributed by atoms with Crippen LogP contribution >= 0.6 is 39.0 Å². The molecule has 0 aliphatic carbocycles. The molecule has 26 heavy (non-hydrogen) atoms. The Morgan fingerprint density at radius 1 is 1.12 bits per heavy atom. The highest BCUT2D eigenvalue weighted by Gasteiger charge is 2.13. The Balaban J connectivity index is 1.54. The molecule has 0 fully saturated rings. The molecule has 0 atom stereocenters. The summed E-state index contributed by atoms with van der Waals surface area (Å²) in [6.07, 6.45) is 0. The molecule has 0 unspecified atom stereocenters. The summed E-state index contributed by atoms with van der Waals surface area (Å²) >= 11 is 6.34. The first-order valence-electron chi connectivity index (χ1n) is 7.96. The molecule has 0 saturated carbocycles. The number of thioether (sulfide) groups is 1. The van der Waals surface area contributed by atoms with Gasteiger partial charge < -0.3 is 4.57 Å². The molecule has 0 N–H and O–H groups in total. The second-order valence-electron chi connectivity index (χ2n) is 5.79. The zero-order chi connectivity index (χ0) is 18.1. The molecule has 0 spiro atoms. The van der Waals surface area contributed by atoms with E-state index in [0.717, 1.165) is 31.4 Å². The molecule has 5 nitrogen and oxygen atoms in total. The van der Waals surface area contributed by atoms with E-state index in [0.29, 0.717) is 6.54 Å². The normalized spacial score (nSPS) is 11.3. The molecule has 2 aromatic carbocycles. The fraction of sp³-hybridized carbons (Fsp3) is 0.167. The van der Waals surface area contributed by atoms with Gasteiger partial charge in [-0.3, -0.25) is 9.36 Å². The van der Waals surface area contributed by atoms with Crippen molar-refractivity contribution in [2.45, 2.75) is 17.5 Å². The number of benzene rings is 2. The highest BCUT2D eigenvalue weighted by Crippen LogP contribution is 2.23. The van der Waals surface area contributed by atoms with Crippen molar-refractivity contribution in [1.82, 2.24) is 19.3 Å². The van der Waals surface area contributed by atoms with Crippen molar-refractivity contribution >= 4 is 49.2 Å². The van der Waals surface area contributed by atoms with Crippen LogP contribution in [-0.4, -0.2) is 19.3 Å².